The molecule has 0 bridgehead atoms. The highest BCUT2D eigenvalue weighted by Gasteiger charge is 2.17. The van der Waals surface area contributed by atoms with Crippen molar-refractivity contribution in [1.29, 1.82) is 0 Å². The lowest BCUT2D eigenvalue weighted by atomic mass is 10.3. The van der Waals surface area contributed by atoms with E-state index in [-0.39, 0.29) is 4.90 Å². The Balaban J connectivity index is 3.47. The number of rotatable bonds is 2. The third-order valence-electron chi connectivity index (χ3n) is 1.47. The van der Waals surface area contributed by atoms with Gasteiger partial charge in [-0.05, 0) is 51.2 Å². The summed E-state index contributed by atoms with van der Waals surface area (Å²) in [5, 5.41) is 0. The molecule has 1 rings (SSSR count). The molecular formula is C7H5ClI2O3S. The predicted octanol–water partition coefficient (Wildman–Crippen LogP) is 2.83. The third kappa shape index (κ3) is 2.86. The maximum atomic E-state index is 11.1. The van der Waals surface area contributed by atoms with Crippen molar-refractivity contribution in [2.24, 2.45) is 0 Å². The fraction of sp³-hybridized carbons (Fsp3) is 0.143. The summed E-state index contributed by atoms with van der Waals surface area (Å²) in [7, 11) is 3.03. The maximum absolute atomic E-state index is 11.1. The minimum Gasteiger partial charge on any atom is -0.496 e. The highest BCUT2D eigenvalue weighted by atomic mass is 127. The van der Waals surface area contributed by atoms with Gasteiger partial charge in [-0.3, -0.25) is 0 Å². The van der Waals surface area contributed by atoms with Crippen LogP contribution in [0.5, 0.6) is 5.75 Å². The van der Waals surface area contributed by atoms with Crippen molar-refractivity contribution in [3.63, 3.8) is 0 Å². The van der Waals surface area contributed by atoms with Crippen LogP contribution in [0.2, 0.25) is 0 Å². The zero-order chi connectivity index (χ0) is 10.9. The minimum absolute atomic E-state index is 0.0806. The maximum Gasteiger partial charge on any atom is 0.262 e. The van der Waals surface area contributed by atoms with E-state index in [1.54, 1.807) is 6.07 Å². The van der Waals surface area contributed by atoms with E-state index in [1.165, 1.54) is 13.2 Å². The van der Waals surface area contributed by atoms with Crippen molar-refractivity contribution in [2.75, 3.05) is 7.11 Å². The molecular weight excluding hydrogens is 453 g/mol. The molecule has 0 N–H and O–H groups in total. The van der Waals surface area contributed by atoms with Gasteiger partial charge in [0.05, 0.1) is 15.6 Å². The van der Waals surface area contributed by atoms with Crippen molar-refractivity contribution in [1.82, 2.24) is 0 Å². The Labute approximate surface area is 114 Å². The van der Waals surface area contributed by atoms with Crippen LogP contribution in [-0.2, 0) is 9.05 Å². The lowest BCUT2D eigenvalue weighted by Crippen LogP contribution is -1.97. The molecule has 0 heterocycles. The van der Waals surface area contributed by atoms with E-state index in [1.807, 2.05) is 22.6 Å². The number of hydrogen-bond donors (Lipinski definition) is 0. The molecule has 0 aliphatic carbocycles. The predicted molar refractivity (Wildman–Crippen MR) is 71.5 cm³/mol. The summed E-state index contributed by atoms with van der Waals surface area (Å²) in [5.41, 5.74) is 0. The van der Waals surface area contributed by atoms with Crippen molar-refractivity contribution < 1.29 is 13.2 Å². The van der Waals surface area contributed by atoms with Crippen molar-refractivity contribution in [2.45, 2.75) is 4.90 Å². The first-order valence-electron chi connectivity index (χ1n) is 3.34. The Bertz CT molecular complexity index is 458. The minimum atomic E-state index is -3.70. The molecule has 0 saturated carbocycles. The SMILES string of the molecule is COc1cc(S(=O)(=O)Cl)c(I)cc1I. The Morgan fingerprint density at radius 2 is 1.86 bits per heavy atom. The molecule has 0 atom stereocenters. The molecule has 3 nitrogen and oxygen atoms in total. The molecule has 1 aromatic carbocycles. The van der Waals surface area contributed by atoms with E-state index in [4.69, 9.17) is 15.4 Å². The van der Waals surface area contributed by atoms with Gasteiger partial charge in [-0.1, -0.05) is 0 Å². The van der Waals surface area contributed by atoms with E-state index < -0.39 is 9.05 Å². The summed E-state index contributed by atoms with van der Waals surface area (Å²) < 4.78 is 28.7. The standard InChI is InChI=1S/C7H5ClI2O3S/c1-13-6-3-7(14(8,11)12)5(10)2-4(6)9/h2-3H,1H3. The molecule has 1 aromatic rings. The number of methoxy groups -OCH3 is 1. The molecule has 0 aromatic heterocycles. The molecule has 0 fully saturated rings. The second kappa shape index (κ2) is 4.71. The van der Waals surface area contributed by atoms with E-state index >= 15 is 0 Å². The van der Waals surface area contributed by atoms with Crippen LogP contribution < -0.4 is 4.74 Å². The zero-order valence-electron chi connectivity index (χ0n) is 6.92. The summed E-state index contributed by atoms with van der Waals surface area (Å²) in [4.78, 5) is 0.0806. The van der Waals surface area contributed by atoms with Crippen LogP contribution in [0.15, 0.2) is 17.0 Å². The van der Waals surface area contributed by atoms with Crippen LogP contribution in [0.4, 0.5) is 0 Å². The van der Waals surface area contributed by atoms with Crippen LogP contribution in [0.25, 0.3) is 0 Å². The summed E-state index contributed by atoms with van der Waals surface area (Å²) in [6.45, 7) is 0. The fourth-order valence-electron chi connectivity index (χ4n) is 0.854. The first-order valence-corrected chi connectivity index (χ1v) is 7.80. The summed E-state index contributed by atoms with van der Waals surface area (Å²) >= 11 is 3.98. The van der Waals surface area contributed by atoms with Crippen molar-refractivity contribution >= 4 is 64.9 Å². The van der Waals surface area contributed by atoms with Crippen LogP contribution in [0.3, 0.4) is 0 Å². The molecule has 0 aliphatic rings. The number of benzene rings is 1. The van der Waals surface area contributed by atoms with Gasteiger partial charge in [-0.25, -0.2) is 8.42 Å². The van der Waals surface area contributed by atoms with Crippen molar-refractivity contribution in [3.8, 4) is 5.75 Å². The highest BCUT2D eigenvalue weighted by Crippen LogP contribution is 2.30. The van der Waals surface area contributed by atoms with Gasteiger partial charge in [0.2, 0.25) is 0 Å². The molecule has 14 heavy (non-hydrogen) atoms. The lowest BCUT2D eigenvalue weighted by molar-refractivity contribution is 0.410. The molecule has 0 amide bonds. The summed E-state index contributed by atoms with van der Waals surface area (Å²) in [5.74, 6) is 0.505. The highest BCUT2D eigenvalue weighted by molar-refractivity contribution is 14.1. The van der Waals surface area contributed by atoms with Gasteiger partial charge in [0.25, 0.3) is 9.05 Å². The van der Waals surface area contributed by atoms with E-state index in [9.17, 15) is 8.42 Å². The Kier molecular flexibility index (Phi) is 4.30. The van der Waals surface area contributed by atoms with Gasteiger partial charge >= 0.3 is 0 Å². The van der Waals surface area contributed by atoms with Crippen LogP contribution >= 0.6 is 55.9 Å². The monoisotopic (exact) mass is 458 g/mol. The molecule has 7 heteroatoms. The van der Waals surface area contributed by atoms with Gasteiger partial charge in [-0.2, -0.15) is 0 Å². The number of halogens is 3. The smallest absolute Gasteiger partial charge is 0.262 e. The zero-order valence-corrected chi connectivity index (χ0v) is 12.8. The second-order valence-electron chi connectivity index (χ2n) is 2.36. The average molecular weight is 458 g/mol. The molecule has 0 radical (unpaired) electrons. The molecule has 0 aliphatic heterocycles. The largest absolute Gasteiger partial charge is 0.496 e. The first kappa shape index (κ1) is 12.8. The normalized spacial score (nSPS) is 11.4. The Morgan fingerprint density at radius 3 is 2.29 bits per heavy atom. The Morgan fingerprint density at radius 1 is 1.29 bits per heavy atom. The van der Waals surface area contributed by atoms with Gasteiger partial charge in [0, 0.05) is 20.3 Å². The van der Waals surface area contributed by atoms with E-state index in [0.29, 0.717) is 9.32 Å². The number of hydrogen-bond acceptors (Lipinski definition) is 3. The van der Waals surface area contributed by atoms with Crippen LogP contribution in [0.1, 0.15) is 0 Å². The molecule has 0 spiro atoms. The van der Waals surface area contributed by atoms with Gasteiger partial charge < -0.3 is 4.74 Å². The average Bonchev–Trinajstić information content (AvgIpc) is 2.02. The summed E-state index contributed by atoms with van der Waals surface area (Å²) in [6, 6.07) is 3.13. The van der Waals surface area contributed by atoms with Gasteiger partial charge in [-0.15, -0.1) is 0 Å². The topological polar surface area (TPSA) is 43.4 Å². The van der Waals surface area contributed by atoms with Gasteiger partial charge in [0.1, 0.15) is 5.75 Å². The molecule has 78 valence electrons. The fourth-order valence-corrected chi connectivity index (χ4v) is 4.79. The second-order valence-corrected chi connectivity index (χ2v) is 7.21. The van der Waals surface area contributed by atoms with E-state index in [2.05, 4.69) is 22.6 Å². The lowest BCUT2D eigenvalue weighted by Gasteiger charge is -2.06. The Hall–Kier alpha value is 0.720. The molecule has 0 saturated heterocycles. The number of ether oxygens (including phenoxy) is 1. The van der Waals surface area contributed by atoms with E-state index in [0.717, 1.165) is 3.57 Å². The quantitative estimate of drug-likeness (QED) is 0.506. The third-order valence-corrected chi connectivity index (χ3v) is 4.93. The molecule has 0 unspecified atom stereocenters. The first-order chi connectivity index (χ1) is 6.36. The summed E-state index contributed by atoms with van der Waals surface area (Å²) in [6.07, 6.45) is 0. The van der Waals surface area contributed by atoms with Crippen LogP contribution in [-0.4, -0.2) is 15.5 Å². The van der Waals surface area contributed by atoms with Gasteiger partial charge in [0.15, 0.2) is 0 Å². The van der Waals surface area contributed by atoms with Crippen LogP contribution in [0, 0.1) is 7.14 Å². The van der Waals surface area contributed by atoms with Crippen molar-refractivity contribution in [3.05, 3.63) is 19.3 Å².